The van der Waals surface area contributed by atoms with Crippen molar-refractivity contribution < 1.29 is 13.3 Å². The number of halogens is 3. The molecule has 0 radical (unpaired) electrons. The van der Waals surface area contributed by atoms with Crippen molar-refractivity contribution in [2.45, 2.75) is 31.7 Å². The van der Waals surface area contributed by atoms with Gasteiger partial charge in [0.2, 0.25) is 11.7 Å². The molecule has 0 amide bonds. The maximum Gasteiger partial charge on any atom is 0.262 e. The van der Waals surface area contributed by atoms with Gasteiger partial charge in [0.15, 0.2) is 0 Å². The minimum absolute atomic E-state index is 0. The highest BCUT2D eigenvalue weighted by molar-refractivity contribution is 5.85. The van der Waals surface area contributed by atoms with Gasteiger partial charge in [-0.25, -0.2) is 8.78 Å². The molecule has 7 heteroatoms. The Kier molecular flexibility index (Phi) is 4.58. The molecule has 3 rings (SSSR count). The highest BCUT2D eigenvalue weighted by atomic mass is 35.5. The number of nitrogens with zero attached hydrogens (tertiary/aromatic N) is 2. The molecule has 1 aliphatic rings. The summed E-state index contributed by atoms with van der Waals surface area (Å²) in [4.78, 5) is 4.21. The molecule has 1 fully saturated rings. The first-order valence-electron chi connectivity index (χ1n) is 6.61. The van der Waals surface area contributed by atoms with E-state index < -0.39 is 12.0 Å². The van der Waals surface area contributed by atoms with Gasteiger partial charge < -0.3 is 4.52 Å². The summed E-state index contributed by atoms with van der Waals surface area (Å²) in [6.07, 6.45) is 0.655. The predicted octanol–water partition coefficient (Wildman–Crippen LogP) is 3.39. The van der Waals surface area contributed by atoms with E-state index in [1.54, 1.807) is 0 Å². The zero-order chi connectivity index (χ0) is 14.2. The van der Waals surface area contributed by atoms with Gasteiger partial charge in [-0.15, -0.1) is 12.4 Å². The van der Waals surface area contributed by atoms with E-state index >= 15 is 0 Å². The van der Waals surface area contributed by atoms with Crippen LogP contribution < -0.4 is 5.32 Å². The first-order chi connectivity index (χ1) is 9.57. The normalized spacial score (nSPS) is 20.2. The van der Waals surface area contributed by atoms with E-state index in [1.165, 1.54) is 5.56 Å². The van der Waals surface area contributed by atoms with Crippen molar-refractivity contribution in [3.63, 3.8) is 0 Å². The summed E-state index contributed by atoms with van der Waals surface area (Å²) in [6, 6.07) is 7.23. The van der Waals surface area contributed by atoms with Gasteiger partial charge in [0.25, 0.3) is 5.92 Å². The summed E-state index contributed by atoms with van der Waals surface area (Å²) in [5.74, 6) is -2.06. The van der Waals surface area contributed by atoms with Crippen LogP contribution in [0.5, 0.6) is 0 Å². The fraction of sp³-hybridized carbons (Fsp3) is 0.429. The molecule has 1 unspecified atom stereocenters. The van der Waals surface area contributed by atoms with Gasteiger partial charge in [0.1, 0.15) is 0 Å². The van der Waals surface area contributed by atoms with Crippen molar-refractivity contribution in [1.82, 2.24) is 15.5 Å². The van der Waals surface area contributed by atoms with Gasteiger partial charge in [-0.2, -0.15) is 4.98 Å². The van der Waals surface area contributed by atoms with Crippen LogP contribution in [0, 0.1) is 0 Å². The van der Waals surface area contributed by atoms with Gasteiger partial charge in [0, 0.05) is 12.0 Å². The zero-order valence-electron chi connectivity index (χ0n) is 11.5. The summed E-state index contributed by atoms with van der Waals surface area (Å²) in [7, 11) is 0. The molecular formula is C14H16ClF2N3O. The molecular weight excluding hydrogens is 300 g/mol. The van der Waals surface area contributed by atoms with Gasteiger partial charge in [0.05, 0.1) is 12.6 Å². The van der Waals surface area contributed by atoms with Gasteiger partial charge >= 0.3 is 0 Å². The number of nitrogens with one attached hydrogen (secondary N) is 1. The lowest BCUT2D eigenvalue weighted by Crippen LogP contribution is -2.19. The Morgan fingerprint density at radius 2 is 2.05 bits per heavy atom. The molecule has 21 heavy (non-hydrogen) atoms. The molecule has 0 spiro atoms. The minimum Gasteiger partial charge on any atom is -0.337 e. The topological polar surface area (TPSA) is 51.0 Å². The summed E-state index contributed by atoms with van der Waals surface area (Å²) < 4.78 is 31.4. The molecule has 2 heterocycles. The maximum absolute atomic E-state index is 13.1. The Morgan fingerprint density at radius 1 is 1.33 bits per heavy atom. The van der Waals surface area contributed by atoms with Crippen molar-refractivity contribution in [1.29, 1.82) is 0 Å². The van der Waals surface area contributed by atoms with Crippen molar-refractivity contribution >= 4 is 12.4 Å². The number of hydrogen-bond acceptors (Lipinski definition) is 4. The monoisotopic (exact) mass is 315 g/mol. The van der Waals surface area contributed by atoms with E-state index in [2.05, 4.69) is 22.4 Å². The highest BCUT2D eigenvalue weighted by Gasteiger charge is 2.42. The quantitative estimate of drug-likeness (QED) is 0.943. The third kappa shape index (κ3) is 3.39. The van der Waals surface area contributed by atoms with E-state index in [0.717, 1.165) is 12.0 Å². The second-order valence-electron chi connectivity index (χ2n) is 5.00. The van der Waals surface area contributed by atoms with Gasteiger partial charge in [-0.1, -0.05) is 36.3 Å². The van der Waals surface area contributed by atoms with Crippen LogP contribution >= 0.6 is 12.4 Å². The molecule has 1 N–H and O–H groups in total. The lowest BCUT2D eigenvalue weighted by Gasteiger charge is -2.04. The lowest BCUT2D eigenvalue weighted by atomic mass is 10.1. The SMILES string of the molecule is CCc1ccc(-c2noc(C3CC(F)(F)CN3)n2)cc1.Cl. The smallest absolute Gasteiger partial charge is 0.262 e. The van der Waals surface area contributed by atoms with E-state index in [9.17, 15) is 8.78 Å². The Labute approximate surface area is 127 Å². The second-order valence-corrected chi connectivity index (χ2v) is 5.00. The van der Waals surface area contributed by atoms with Crippen molar-refractivity contribution in [3.05, 3.63) is 35.7 Å². The molecule has 1 saturated heterocycles. The first-order valence-corrected chi connectivity index (χ1v) is 6.61. The highest BCUT2D eigenvalue weighted by Crippen LogP contribution is 2.33. The summed E-state index contributed by atoms with van der Waals surface area (Å²) in [5, 5.41) is 6.56. The molecule has 4 nitrogen and oxygen atoms in total. The van der Waals surface area contributed by atoms with Crippen LogP contribution in [0.15, 0.2) is 28.8 Å². The van der Waals surface area contributed by atoms with E-state index in [1.807, 2.05) is 24.3 Å². The van der Waals surface area contributed by atoms with Crippen LogP contribution in [0.2, 0.25) is 0 Å². The Hall–Kier alpha value is -1.53. The van der Waals surface area contributed by atoms with Crippen LogP contribution in [-0.2, 0) is 6.42 Å². The van der Waals surface area contributed by atoms with Crippen LogP contribution in [-0.4, -0.2) is 22.6 Å². The zero-order valence-corrected chi connectivity index (χ0v) is 12.3. The van der Waals surface area contributed by atoms with Crippen molar-refractivity contribution in [3.8, 4) is 11.4 Å². The van der Waals surface area contributed by atoms with E-state index in [-0.39, 0.29) is 31.3 Å². The molecule has 1 atom stereocenters. The fourth-order valence-electron chi connectivity index (χ4n) is 2.27. The number of aromatic nitrogens is 2. The van der Waals surface area contributed by atoms with Crippen LogP contribution in [0.1, 0.15) is 30.8 Å². The fourth-order valence-corrected chi connectivity index (χ4v) is 2.27. The third-order valence-corrected chi connectivity index (χ3v) is 3.47. The van der Waals surface area contributed by atoms with Gasteiger partial charge in [-0.3, -0.25) is 5.32 Å². The molecule has 0 aliphatic carbocycles. The average molecular weight is 316 g/mol. The number of hydrogen-bond donors (Lipinski definition) is 1. The van der Waals surface area contributed by atoms with Gasteiger partial charge in [-0.05, 0) is 12.0 Å². The number of rotatable bonds is 3. The Bertz CT molecular complexity index is 601. The molecule has 1 aromatic carbocycles. The van der Waals surface area contributed by atoms with E-state index in [4.69, 9.17) is 4.52 Å². The van der Waals surface area contributed by atoms with E-state index in [0.29, 0.717) is 5.82 Å². The standard InChI is InChI=1S/C14H15F2N3O.ClH/c1-2-9-3-5-10(6-4-9)12-18-13(20-19-12)11-7-14(15,16)8-17-11;/h3-6,11,17H,2,7-8H2,1H3;1H. The summed E-state index contributed by atoms with van der Waals surface area (Å²) in [6.45, 7) is 1.73. The number of benzene rings is 1. The summed E-state index contributed by atoms with van der Waals surface area (Å²) in [5.41, 5.74) is 2.04. The molecule has 1 aliphatic heterocycles. The second kappa shape index (κ2) is 6.07. The van der Waals surface area contributed by atoms with Crippen LogP contribution in [0.4, 0.5) is 8.78 Å². The third-order valence-electron chi connectivity index (χ3n) is 3.47. The Morgan fingerprint density at radius 3 is 2.62 bits per heavy atom. The van der Waals surface area contributed by atoms with Crippen LogP contribution in [0.25, 0.3) is 11.4 Å². The summed E-state index contributed by atoms with van der Waals surface area (Å²) >= 11 is 0. The Balaban J connectivity index is 0.00000161. The lowest BCUT2D eigenvalue weighted by molar-refractivity contribution is 0.0200. The van der Waals surface area contributed by atoms with Crippen LogP contribution in [0.3, 0.4) is 0 Å². The molecule has 1 aromatic heterocycles. The molecule has 114 valence electrons. The average Bonchev–Trinajstić information content (AvgIpc) is 3.05. The minimum atomic E-state index is -2.71. The van der Waals surface area contributed by atoms with Crippen molar-refractivity contribution in [2.24, 2.45) is 0 Å². The molecule has 0 saturated carbocycles. The molecule has 0 bridgehead atoms. The largest absolute Gasteiger partial charge is 0.337 e. The number of aryl methyl sites for hydroxylation is 1. The predicted molar refractivity (Wildman–Crippen MR) is 76.7 cm³/mol. The van der Waals surface area contributed by atoms with Crippen molar-refractivity contribution in [2.75, 3.05) is 6.54 Å². The molecule has 2 aromatic rings. The number of alkyl halides is 2. The maximum atomic E-state index is 13.1. The first kappa shape index (κ1) is 15.9.